The summed E-state index contributed by atoms with van der Waals surface area (Å²) in [4.78, 5) is 46.5. The fraction of sp³-hybridized carbons (Fsp3) is 0.410. The van der Waals surface area contributed by atoms with Crippen LogP contribution in [0.25, 0.3) is 10.9 Å². The maximum absolute atomic E-state index is 15.2. The Hall–Kier alpha value is -7.96. The zero-order valence-corrected chi connectivity index (χ0v) is 61.7. The third-order valence-corrected chi connectivity index (χ3v) is 18.1. The van der Waals surface area contributed by atoms with Crippen LogP contribution in [-0.2, 0) is 116 Å². The van der Waals surface area contributed by atoms with Gasteiger partial charge in [0.1, 0.15) is 35.8 Å². The number of aliphatic hydroxyl groups excluding tert-OH is 3. The second kappa shape index (κ2) is 40.2. The van der Waals surface area contributed by atoms with Gasteiger partial charge in [0.2, 0.25) is 13.6 Å². The number of nitrogens with zero attached hydrogens (tertiary/aromatic N) is 1. The van der Waals surface area contributed by atoms with Crippen LogP contribution < -0.4 is 24.3 Å². The molecule has 7 aromatic carbocycles. The molecule has 1 unspecified atom stereocenters. The Morgan fingerprint density at radius 1 is 0.569 bits per heavy atom. The van der Waals surface area contributed by atoms with Gasteiger partial charge in [-0.25, -0.2) is 8.78 Å². The molecule has 16 nitrogen and oxygen atoms in total. The number of ketones is 2. The number of nitrogens with one attached hydrogen (secondary N) is 1. The van der Waals surface area contributed by atoms with Crippen LogP contribution in [0.4, 0.5) is 14.5 Å². The van der Waals surface area contributed by atoms with Crippen LogP contribution in [-0.4, -0.2) is 104 Å². The Labute approximate surface area is 614 Å². The summed E-state index contributed by atoms with van der Waals surface area (Å²) >= 11 is 0. The summed E-state index contributed by atoms with van der Waals surface area (Å²) in [5.74, 6) is 2.20. The zero-order chi connectivity index (χ0) is 71.7. The molecule has 0 amide bonds. The summed E-state index contributed by atoms with van der Waals surface area (Å²) in [5.41, 5.74) is 8.99. The average Bonchev–Trinajstić information content (AvgIpc) is 1.60. The van der Waals surface area contributed by atoms with E-state index in [1.54, 1.807) is 12.1 Å². The first kappa shape index (κ1) is 83.0. The predicted molar refractivity (Wildman–Crippen MR) is 390 cm³/mol. The molecule has 1 atom stereocenters. The van der Waals surface area contributed by atoms with Crippen LogP contribution in [0.1, 0.15) is 143 Å². The molecular formula is C83H101F2N2O14Pd-. The van der Waals surface area contributed by atoms with E-state index in [1.807, 2.05) is 140 Å². The molecular weight excluding hydrogens is 1390 g/mol. The van der Waals surface area contributed by atoms with E-state index < -0.39 is 10.8 Å². The van der Waals surface area contributed by atoms with Crippen LogP contribution in [0.15, 0.2) is 158 Å². The number of hydrogen-bond donors (Lipinski definition) is 4. The number of aldehydes is 2. The number of aromatic nitrogens is 1. The van der Waals surface area contributed by atoms with E-state index in [4.69, 9.17) is 43.4 Å². The number of hydrogen-bond acceptors (Lipinski definition) is 15. The number of carbonyl (C=O) groups excluding carboxylic acids is 4. The van der Waals surface area contributed by atoms with Gasteiger partial charge in [0.15, 0.2) is 23.0 Å². The van der Waals surface area contributed by atoms with Crippen molar-refractivity contribution >= 4 is 40.7 Å². The third kappa shape index (κ3) is 23.0. The molecule has 1 aromatic heterocycles. The quantitative estimate of drug-likeness (QED) is 0.0172. The smallest absolute Gasteiger partial charge is 0.231 e. The number of aryl methyl sites for hydroxylation is 1. The first-order chi connectivity index (χ1) is 48.3. The van der Waals surface area contributed by atoms with E-state index in [2.05, 4.69) is 57.5 Å². The molecule has 4 heterocycles. The molecule has 552 valence electrons. The van der Waals surface area contributed by atoms with Crippen LogP contribution >= 0.6 is 0 Å². The second-order valence-corrected chi connectivity index (χ2v) is 27.5. The fourth-order valence-electron chi connectivity index (χ4n) is 12.1. The summed E-state index contributed by atoms with van der Waals surface area (Å²) in [6, 6.07) is 50.4. The van der Waals surface area contributed by atoms with Crippen molar-refractivity contribution in [1.82, 2.24) is 4.57 Å². The SMILES string of the molecule is CC(C)(C)C1Cc2cc(CC(=O)C3(c4ccc5c(c4)OCO5)CC3)c(F)cc2N1.CC(C)(C)c1cc2cc(CC(=O)C3(c4ccc5c(c4)OCO5)CC3)c(F)cc2n1CCCO.CO.O=CCCOCc1ccccc1.O=CCCOCc1ccccc1.OCCCOCc1ccccc1.[CH3-].[Pd]. The second-order valence-electron chi connectivity index (χ2n) is 27.5. The minimum Gasteiger partial charge on any atom is -0.454 e. The van der Waals surface area contributed by atoms with E-state index in [0.29, 0.717) is 106 Å². The van der Waals surface area contributed by atoms with Gasteiger partial charge in [-0.2, -0.15) is 0 Å². The predicted octanol–water partition coefficient (Wildman–Crippen LogP) is 15.0. The number of halogens is 2. The van der Waals surface area contributed by atoms with Gasteiger partial charge in [0.05, 0.1) is 49.4 Å². The van der Waals surface area contributed by atoms with Crippen molar-refractivity contribution in [3.8, 4) is 23.0 Å². The van der Waals surface area contributed by atoms with Gasteiger partial charge in [-0.1, -0.05) is 151 Å². The molecule has 2 saturated carbocycles. The number of carbonyl (C=O) groups is 4. The van der Waals surface area contributed by atoms with Gasteiger partial charge in [0.25, 0.3) is 0 Å². The van der Waals surface area contributed by atoms with Crippen molar-refractivity contribution in [1.29, 1.82) is 0 Å². The first-order valence-electron chi connectivity index (χ1n) is 34.4. The van der Waals surface area contributed by atoms with Crippen molar-refractivity contribution in [2.24, 2.45) is 5.41 Å². The Balaban J connectivity index is 0.000000214. The monoisotopic (exact) mass is 1490 g/mol. The molecule has 2 aliphatic carbocycles. The summed E-state index contributed by atoms with van der Waals surface area (Å²) in [6.07, 6.45) is 8.17. The minimum atomic E-state index is -0.563. The molecule has 0 radical (unpaired) electrons. The van der Waals surface area contributed by atoms with Crippen LogP contribution in [0.3, 0.4) is 0 Å². The number of aliphatic hydroxyl groups is 3. The van der Waals surface area contributed by atoms with Gasteiger partial charge < -0.3 is 75.4 Å². The maximum atomic E-state index is 15.2. The topological polar surface area (TPSA) is 211 Å². The van der Waals surface area contributed by atoms with E-state index in [0.717, 1.165) is 102 Å². The average molecular weight is 1500 g/mol. The van der Waals surface area contributed by atoms with Crippen molar-refractivity contribution in [3.63, 3.8) is 0 Å². The molecule has 0 bridgehead atoms. The molecule has 2 fully saturated rings. The van der Waals surface area contributed by atoms with Crippen molar-refractivity contribution < 1.29 is 96.9 Å². The van der Waals surface area contributed by atoms with Gasteiger partial charge in [-0.3, -0.25) is 9.59 Å². The summed E-state index contributed by atoms with van der Waals surface area (Å²) in [5, 5.41) is 29.2. The molecule has 0 spiro atoms. The number of ether oxygens (including phenoxy) is 7. The molecule has 5 aliphatic rings. The number of Topliss-reactive ketones (excluding diaryl/α,β-unsaturated/α-hetero) is 2. The fourth-order valence-corrected chi connectivity index (χ4v) is 12.1. The Morgan fingerprint density at radius 3 is 1.42 bits per heavy atom. The number of fused-ring (bicyclic) bond motifs is 4. The molecule has 102 heavy (non-hydrogen) atoms. The Bertz CT molecular complexity index is 3870. The van der Waals surface area contributed by atoms with Crippen LogP contribution in [0.2, 0.25) is 0 Å². The van der Waals surface area contributed by atoms with Gasteiger partial charge in [0, 0.05) is 108 Å². The van der Waals surface area contributed by atoms with Crippen molar-refractivity contribution in [3.05, 3.63) is 227 Å². The molecule has 19 heteroatoms. The molecule has 8 aromatic rings. The van der Waals surface area contributed by atoms with E-state index in [-0.39, 0.29) is 108 Å². The van der Waals surface area contributed by atoms with Gasteiger partial charge in [-0.15, -0.1) is 0 Å². The van der Waals surface area contributed by atoms with Crippen molar-refractivity contribution in [2.45, 2.75) is 161 Å². The maximum Gasteiger partial charge on any atom is 0.231 e. The van der Waals surface area contributed by atoms with Crippen molar-refractivity contribution in [2.75, 3.05) is 59.0 Å². The summed E-state index contributed by atoms with van der Waals surface area (Å²) < 4.78 is 69.6. The van der Waals surface area contributed by atoms with E-state index >= 15 is 4.39 Å². The molecule has 13 rings (SSSR count). The number of rotatable bonds is 26. The standard InChI is InChI=1S/C27H30FNO4.C24H26FNO3.C10H14O2.2C10H12O2.CH4O.CH3.Pd/c1-26(2,3)24-12-18-11-17(20(28)15-21(18)29(24)9-4-10-30)13-25(31)27(7-8-27)19-5-6-22-23(14-19)33-16-32-22;1-23(2,3)21-9-15-8-14(17(25)12-18(15)26-21)10-22(27)24(6-7-24)16-4-5-19-20(11-16)29-13-28-19;3*11-7-4-8-12-9-10-5-2-1-3-6-10;1-2;;/h5-6,11-12,14-15,30H,4,7-10,13,16H2,1-3H3;4-5,8,11-12,21,26H,6-7,9-10,13H2,1-3H3;1-3,5-6,11H,4,7-9H2;2*1-3,5-7H,4,8-9H2;2H,1H3;1H3;/q;;;;;;-1;. The van der Waals surface area contributed by atoms with E-state index in [1.165, 1.54) is 5.56 Å². The van der Waals surface area contributed by atoms with E-state index in [9.17, 15) is 28.7 Å². The zero-order valence-electron chi connectivity index (χ0n) is 60.2. The summed E-state index contributed by atoms with van der Waals surface area (Å²) in [6.45, 7) is 17.7. The minimum absolute atomic E-state index is 0. The normalized spacial score (nSPS) is 14.8. The summed E-state index contributed by atoms with van der Waals surface area (Å²) in [7, 11) is 1.00. The molecule has 3 aliphatic heterocycles. The van der Waals surface area contributed by atoms with Crippen LogP contribution in [0.5, 0.6) is 23.0 Å². The molecule has 0 saturated heterocycles. The third-order valence-electron chi connectivity index (χ3n) is 18.1. The van der Waals surface area contributed by atoms with Gasteiger partial charge in [-0.05, 0) is 143 Å². The Kier molecular flexibility index (Phi) is 32.7. The van der Waals surface area contributed by atoms with Crippen LogP contribution in [0, 0.1) is 24.5 Å². The first-order valence-corrected chi connectivity index (χ1v) is 34.4. The largest absolute Gasteiger partial charge is 0.454 e. The number of anilines is 1. The van der Waals surface area contributed by atoms with Gasteiger partial charge >= 0.3 is 0 Å². The number of benzene rings is 7. The molecule has 4 N–H and O–H groups in total. The Morgan fingerprint density at radius 2 is 1.00 bits per heavy atom.